The van der Waals surface area contributed by atoms with Gasteiger partial charge in [-0.3, -0.25) is 4.79 Å². The van der Waals surface area contributed by atoms with Crippen LogP contribution in [0.2, 0.25) is 0 Å². The van der Waals surface area contributed by atoms with Gasteiger partial charge in [-0.1, -0.05) is 11.8 Å². The molecule has 1 fully saturated rings. The van der Waals surface area contributed by atoms with Crippen LogP contribution >= 0.6 is 11.8 Å². The maximum atomic E-state index is 13.5. The van der Waals surface area contributed by atoms with Crippen LogP contribution in [0.25, 0.3) is 10.9 Å². The molecule has 1 aliphatic heterocycles. The Morgan fingerprint density at radius 3 is 2.56 bits per heavy atom. The van der Waals surface area contributed by atoms with Crippen molar-refractivity contribution in [2.24, 2.45) is 0 Å². The van der Waals surface area contributed by atoms with E-state index in [1.54, 1.807) is 4.90 Å². The number of thioether (sulfide) groups is 1. The number of rotatable bonds is 4. The number of benzene rings is 1. The number of pyridine rings is 1. The van der Waals surface area contributed by atoms with Gasteiger partial charge in [-0.25, -0.2) is 4.98 Å². The van der Waals surface area contributed by atoms with Crippen LogP contribution in [0.4, 0.5) is 13.2 Å². The monoisotopic (exact) mass is 399 g/mol. The number of likely N-dealkylation sites (N-methyl/N-ethyl adjacent to an activating group) is 1. The van der Waals surface area contributed by atoms with E-state index in [4.69, 9.17) is 4.74 Å². The van der Waals surface area contributed by atoms with E-state index in [1.165, 1.54) is 25.3 Å². The number of amides is 1. The lowest BCUT2D eigenvalue weighted by atomic mass is 10.1. The van der Waals surface area contributed by atoms with Gasteiger partial charge < -0.3 is 14.5 Å². The molecule has 1 aromatic heterocycles. The minimum absolute atomic E-state index is 0.0121. The molecule has 2 heterocycles. The van der Waals surface area contributed by atoms with Gasteiger partial charge >= 0.3 is 6.18 Å². The second kappa shape index (κ2) is 7.93. The van der Waals surface area contributed by atoms with E-state index in [0.29, 0.717) is 18.8 Å². The highest BCUT2D eigenvalue weighted by molar-refractivity contribution is 7.99. The summed E-state index contributed by atoms with van der Waals surface area (Å²) in [7, 11) is 3.43. The number of carbonyl (C=O) groups is 1. The van der Waals surface area contributed by atoms with Gasteiger partial charge in [0.2, 0.25) is 5.91 Å². The summed E-state index contributed by atoms with van der Waals surface area (Å²) in [6.45, 7) is 2.85. The third-order valence-corrected chi connectivity index (χ3v) is 5.39. The van der Waals surface area contributed by atoms with Crippen LogP contribution in [0.1, 0.15) is 5.56 Å². The number of halogens is 3. The van der Waals surface area contributed by atoms with Crippen LogP contribution in [0.5, 0.6) is 5.75 Å². The van der Waals surface area contributed by atoms with Crippen molar-refractivity contribution >= 4 is 28.6 Å². The molecule has 0 radical (unpaired) electrons. The maximum absolute atomic E-state index is 13.5. The lowest BCUT2D eigenvalue weighted by Crippen LogP contribution is -2.47. The number of hydrogen-bond donors (Lipinski definition) is 0. The first kappa shape index (κ1) is 19.8. The molecule has 3 rings (SSSR count). The average Bonchev–Trinajstić information content (AvgIpc) is 2.64. The molecule has 0 atom stereocenters. The van der Waals surface area contributed by atoms with Crippen molar-refractivity contribution in [1.82, 2.24) is 14.8 Å². The Balaban J connectivity index is 1.82. The Morgan fingerprint density at radius 1 is 1.22 bits per heavy atom. The largest absolute Gasteiger partial charge is 0.497 e. The summed E-state index contributed by atoms with van der Waals surface area (Å²) in [6, 6.07) is 5.31. The van der Waals surface area contributed by atoms with Gasteiger partial charge in [0.25, 0.3) is 0 Å². The first-order valence-electron chi connectivity index (χ1n) is 8.43. The summed E-state index contributed by atoms with van der Waals surface area (Å²) in [4.78, 5) is 20.5. The molecule has 0 spiro atoms. The predicted molar refractivity (Wildman–Crippen MR) is 98.1 cm³/mol. The Bertz CT molecular complexity index is 836. The summed E-state index contributed by atoms with van der Waals surface area (Å²) in [5.41, 5.74) is -0.566. The quantitative estimate of drug-likeness (QED) is 0.740. The first-order valence-corrected chi connectivity index (χ1v) is 9.41. The van der Waals surface area contributed by atoms with Gasteiger partial charge in [-0.15, -0.1) is 0 Å². The van der Waals surface area contributed by atoms with Crippen molar-refractivity contribution in [3.63, 3.8) is 0 Å². The summed E-state index contributed by atoms with van der Waals surface area (Å²) in [6.07, 6.45) is -4.51. The number of methoxy groups -OCH3 is 1. The standard InChI is InChI=1S/C18H20F3N3O2S/c1-23-5-7-24(8-6-23)17(25)11-27-16-10-14(18(19,20)21)13-4-3-12(26-2)9-15(13)22-16/h3-4,9-10H,5-8,11H2,1-2H3. The Kier molecular flexibility index (Phi) is 5.81. The van der Waals surface area contributed by atoms with Crippen molar-refractivity contribution < 1.29 is 22.7 Å². The van der Waals surface area contributed by atoms with E-state index >= 15 is 0 Å². The fourth-order valence-corrected chi connectivity index (χ4v) is 3.72. The molecule has 27 heavy (non-hydrogen) atoms. The second-order valence-electron chi connectivity index (χ2n) is 6.36. The van der Waals surface area contributed by atoms with Gasteiger partial charge in [-0.2, -0.15) is 13.2 Å². The van der Waals surface area contributed by atoms with Crippen LogP contribution in [0, 0.1) is 0 Å². The van der Waals surface area contributed by atoms with Crippen molar-refractivity contribution in [3.05, 3.63) is 29.8 Å². The fraction of sp³-hybridized carbons (Fsp3) is 0.444. The number of carbonyl (C=O) groups excluding carboxylic acids is 1. The molecular weight excluding hydrogens is 379 g/mol. The van der Waals surface area contributed by atoms with Crippen LogP contribution in [0.3, 0.4) is 0 Å². The van der Waals surface area contributed by atoms with Gasteiger partial charge in [0, 0.05) is 37.6 Å². The third-order valence-electron chi connectivity index (χ3n) is 4.50. The van der Waals surface area contributed by atoms with Crippen LogP contribution < -0.4 is 4.74 Å². The van der Waals surface area contributed by atoms with Gasteiger partial charge in [0.1, 0.15) is 5.75 Å². The van der Waals surface area contributed by atoms with E-state index in [9.17, 15) is 18.0 Å². The molecule has 146 valence electrons. The van der Waals surface area contributed by atoms with Crippen LogP contribution in [0.15, 0.2) is 29.3 Å². The predicted octanol–water partition coefficient (Wildman–Crippen LogP) is 3.13. The molecule has 0 saturated carbocycles. The summed E-state index contributed by atoms with van der Waals surface area (Å²) < 4.78 is 45.5. The molecule has 1 saturated heterocycles. The van der Waals surface area contributed by atoms with E-state index < -0.39 is 11.7 Å². The van der Waals surface area contributed by atoms with Crippen molar-refractivity contribution in [3.8, 4) is 5.75 Å². The number of nitrogens with zero attached hydrogens (tertiary/aromatic N) is 3. The van der Waals surface area contributed by atoms with E-state index in [1.807, 2.05) is 7.05 Å². The number of hydrogen-bond acceptors (Lipinski definition) is 5. The average molecular weight is 399 g/mol. The van der Waals surface area contributed by atoms with Gasteiger partial charge in [0.05, 0.1) is 29.0 Å². The fourth-order valence-electron chi connectivity index (χ4n) is 2.90. The molecule has 2 aromatic rings. The molecular formula is C18H20F3N3O2S. The molecule has 9 heteroatoms. The molecule has 0 bridgehead atoms. The lowest BCUT2D eigenvalue weighted by molar-refractivity contribution is -0.136. The smallest absolute Gasteiger partial charge is 0.417 e. The normalized spacial score (nSPS) is 16.0. The molecule has 5 nitrogen and oxygen atoms in total. The number of piperazine rings is 1. The van der Waals surface area contributed by atoms with Crippen LogP contribution in [-0.2, 0) is 11.0 Å². The highest BCUT2D eigenvalue weighted by Crippen LogP contribution is 2.37. The SMILES string of the molecule is COc1ccc2c(C(F)(F)F)cc(SCC(=O)N3CCN(C)CC3)nc2c1. The van der Waals surface area contributed by atoms with E-state index in [-0.39, 0.29) is 27.6 Å². The van der Waals surface area contributed by atoms with Gasteiger partial charge in [-0.05, 0) is 25.2 Å². The lowest BCUT2D eigenvalue weighted by Gasteiger charge is -2.32. The summed E-state index contributed by atoms with van der Waals surface area (Å²) >= 11 is 1.02. The minimum atomic E-state index is -4.51. The number of ether oxygens (including phenoxy) is 1. The molecule has 1 aromatic carbocycles. The zero-order valence-corrected chi connectivity index (χ0v) is 15.9. The Hall–Kier alpha value is -2.00. The Labute approximate surface area is 159 Å². The first-order chi connectivity index (χ1) is 12.8. The van der Waals surface area contributed by atoms with Crippen LogP contribution in [-0.4, -0.2) is 66.8 Å². The van der Waals surface area contributed by atoms with Crippen molar-refractivity contribution in [1.29, 1.82) is 0 Å². The van der Waals surface area contributed by atoms with E-state index in [2.05, 4.69) is 9.88 Å². The highest BCUT2D eigenvalue weighted by atomic mass is 32.2. The third kappa shape index (κ3) is 4.65. The highest BCUT2D eigenvalue weighted by Gasteiger charge is 2.33. The van der Waals surface area contributed by atoms with Crippen molar-refractivity contribution in [2.45, 2.75) is 11.2 Å². The van der Waals surface area contributed by atoms with E-state index in [0.717, 1.165) is 30.9 Å². The Morgan fingerprint density at radius 2 is 1.93 bits per heavy atom. The zero-order valence-electron chi connectivity index (χ0n) is 15.0. The topological polar surface area (TPSA) is 45.7 Å². The zero-order chi connectivity index (χ0) is 19.6. The maximum Gasteiger partial charge on any atom is 0.417 e. The number of fused-ring (bicyclic) bond motifs is 1. The molecule has 0 aliphatic carbocycles. The minimum Gasteiger partial charge on any atom is -0.497 e. The molecule has 0 unspecified atom stereocenters. The van der Waals surface area contributed by atoms with Crippen molar-refractivity contribution in [2.75, 3.05) is 46.1 Å². The second-order valence-corrected chi connectivity index (χ2v) is 7.36. The van der Waals surface area contributed by atoms with Gasteiger partial charge in [0.15, 0.2) is 0 Å². The molecule has 1 aliphatic rings. The number of aromatic nitrogens is 1. The molecule has 0 N–H and O–H groups in total. The number of alkyl halides is 3. The molecule has 1 amide bonds. The summed E-state index contributed by atoms with van der Waals surface area (Å²) in [5, 5.41) is 0.184. The summed E-state index contributed by atoms with van der Waals surface area (Å²) in [5.74, 6) is 0.400.